The van der Waals surface area contributed by atoms with E-state index in [1.54, 1.807) is 58.3 Å². The number of aryl methyl sites for hydroxylation is 2. The summed E-state index contributed by atoms with van der Waals surface area (Å²) in [6.07, 6.45) is 2.84. The maximum Gasteiger partial charge on any atom is 0.313 e. The maximum absolute atomic E-state index is 12.4. The van der Waals surface area contributed by atoms with E-state index in [1.165, 1.54) is 18.2 Å². The van der Waals surface area contributed by atoms with Crippen molar-refractivity contribution >= 4 is 23.4 Å². The number of amides is 3. The van der Waals surface area contributed by atoms with Gasteiger partial charge in [0.15, 0.2) is 12.2 Å². The quantitative estimate of drug-likeness (QED) is 0.461. The van der Waals surface area contributed by atoms with Crippen molar-refractivity contribution in [1.82, 2.24) is 25.4 Å². The van der Waals surface area contributed by atoms with Gasteiger partial charge in [-0.15, -0.1) is 0 Å². The highest BCUT2D eigenvalue weighted by Gasteiger charge is 2.26. The summed E-state index contributed by atoms with van der Waals surface area (Å²) in [5, 5.41) is 12.0. The van der Waals surface area contributed by atoms with Gasteiger partial charge in [0, 0.05) is 25.3 Å². The Morgan fingerprint density at radius 3 is 2.55 bits per heavy atom. The van der Waals surface area contributed by atoms with E-state index >= 15 is 0 Å². The fourth-order valence-electron chi connectivity index (χ4n) is 3.13. The molecule has 0 spiro atoms. The third-order valence-corrected chi connectivity index (χ3v) is 4.74. The first-order valence-electron chi connectivity index (χ1n) is 10.1. The molecule has 0 saturated heterocycles. The zero-order chi connectivity index (χ0) is 24.2. The average Bonchev–Trinajstić information content (AvgIpc) is 3.41. The highest BCUT2D eigenvalue weighted by atomic mass is 16.5. The Morgan fingerprint density at radius 1 is 1.18 bits per heavy atom. The average molecular weight is 454 g/mol. The summed E-state index contributed by atoms with van der Waals surface area (Å²) in [4.78, 5) is 41.1. The van der Waals surface area contributed by atoms with Gasteiger partial charge in [-0.05, 0) is 39.0 Å². The molecule has 2 aromatic heterocycles. The second-order valence-electron chi connectivity index (χ2n) is 8.05. The number of nitrogens with zero attached hydrogens (tertiary/aromatic N) is 3. The molecule has 1 aromatic carbocycles. The van der Waals surface area contributed by atoms with Crippen LogP contribution >= 0.6 is 0 Å². The van der Waals surface area contributed by atoms with Crippen LogP contribution in [-0.4, -0.2) is 51.7 Å². The topological polar surface area (TPSA) is 140 Å². The fourth-order valence-corrected chi connectivity index (χ4v) is 3.13. The number of aromatic nitrogens is 3. The summed E-state index contributed by atoms with van der Waals surface area (Å²) in [7, 11) is 3.16. The molecule has 0 bridgehead atoms. The molecule has 3 rings (SSSR count). The van der Waals surface area contributed by atoms with E-state index in [4.69, 9.17) is 9.15 Å². The van der Waals surface area contributed by atoms with E-state index in [0.29, 0.717) is 28.5 Å². The van der Waals surface area contributed by atoms with Gasteiger partial charge >= 0.3 is 11.8 Å². The molecule has 0 saturated carbocycles. The second-order valence-corrected chi connectivity index (χ2v) is 8.05. The van der Waals surface area contributed by atoms with Crippen molar-refractivity contribution in [3.8, 4) is 17.1 Å². The Bertz CT molecular complexity index is 1170. The highest BCUT2D eigenvalue weighted by Crippen LogP contribution is 2.32. The number of anilines is 1. The van der Waals surface area contributed by atoms with Gasteiger partial charge in [0.1, 0.15) is 11.4 Å². The third kappa shape index (κ3) is 5.76. The second kappa shape index (κ2) is 9.55. The molecule has 11 heteroatoms. The lowest BCUT2D eigenvalue weighted by Crippen LogP contribution is -2.54. The number of hydrogen-bond donors (Lipinski definition) is 3. The lowest BCUT2D eigenvalue weighted by atomic mass is 10.1. The maximum atomic E-state index is 12.4. The molecule has 0 radical (unpaired) electrons. The van der Waals surface area contributed by atoms with Crippen LogP contribution in [0.2, 0.25) is 0 Å². The van der Waals surface area contributed by atoms with Gasteiger partial charge in [0.25, 0.3) is 5.91 Å². The summed E-state index contributed by atoms with van der Waals surface area (Å²) >= 11 is 0. The van der Waals surface area contributed by atoms with Gasteiger partial charge in [-0.2, -0.15) is 5.10 Å². The zero-order valence-corrected chi connectivity index (χ0v) is 19.1. The molecular weight excluding hydrogens is 428 g/mol. The van der Waals surface area contributed by atoms with E-state index in [-0.39, 0.29) is 12.5 Å². The van der Waals surface area contributed by atoms with E-state index in [2.05, 4.69) is 26.0 Å². The molecule has 174 valence electrons. The van der Waals surface area contributed by atoms with Crippen molar-refractivity contribution in [3.63, 3.8) is 0 Å². The van der Waals surface area contributed by atoms with Crippen molar-refractivity contribution in [2.24, 2.45) is 7.05 Å². The van der Waals surface area contributed by atoms with Crippen molar-refractivity contribution in [2.45, 2.75) is 26.3 Å². The van der Waals surface area contributed by atoms with E-state index < -0.39 is 17.4 Å². The summed E-state index contributed by atoms with van der Waals surface area (Å²) in [6.45, 7) is 5.29. The van der Waals surface area contributed by atoms with Gasteiger partial charge in [0.2, 0.25) is 0 Å². The predicted octanol–water partition coefficient (Wildman–Crippen LogP) is 1.66. The van der Waals surface area contributed by atoms with Crippen LogP contribution in [0, 0.1) is 6.92 Å². The van der Waals surface area contributed by atoms with Crippen LogP contribution in [0.5, 0.6) is 5.75 Å². The third-order valence-electron chi connectivity index (χ3n) is 4.74. The number of hydrogen-bond acceptors (Lipinski definition) is 7. The number of ether oxygens (including phenoxy) is 1. The largest absolute Gasteiger partial charge is 0.496 e. The SMILES string of the molecule is COc1cc(NC(=O)C(=O)NC(C)(C)CNC(=O)c2cc(C)nn2C)ccc1-c1cnco1. The van der Waals surface area contributed by atoms with Crippen molar-refractivity contribution in [2.75, 3.05) is 19.0 Å². The molecule has 0 fully saturated rings. The van der Waals surface area contributed by atoms with Crippen LogP contribution in [0.25, 0.3) is 11.3 Å². The Hall–Kier alpha value is -4.15. The predicted molar refractivity (Wildman–Crippen MR) is 120 cm³/mol. The van der Waals surface area contributed by atoms with Crippen LogP contribution in [0.1, 0.15) is 30.0 Å². The van der Waals surface area contributed by atoms with Crippen LogP contribution in [0.15, 0.2) is 41.3 Å². The zero-order valence-electron chi connectivity index (χ0n) is 19.1. The van der Waals surface area contributed by atoms with Gasteiger partial charge in [-0.3, -0.25) is 19.1 Å². The van der Waals surface area contributed by atoms with E-state index in [9.17, 15) is 14.4 Å². The van der Waals surface area contributed by atoms with Crippen molar-refractivity contribution < 1.29 is 23.5 Å². The van der Waals surface area contributed by atoms with E-state index in [1.807, 2.05) is 0 Å². The molecule has 3 aromatic rings. The monoisotopic (exact) mass is 454 g/mol. The molecule has 2 heterocycles. The first kappa shape index (κ1) is 23.5. The molecule has 11 nitrogen and oxygen atoms in total. The first-order chi connectivity index (χ1) is 15.6. The Balaban J connectivity index is 1.58. The molecule has 3 N–H and O–H groups in total. The number of benzene rings is 1. The van der Waals surface area contributed by atoms with Crippen molar-refractivity contribution in [1.29, 1.82) is 0 Å². The fraction of sp³-hybridized carbons (Fsp3) is 0.318. The highest BCUT2D eigenvalue weighted by molar-refractivity contribution is 6.39. The summed E-state index contributed by atoms with van der Waals surface area (Å²) in [5.74, 6) is -1.08. The lowest BCUT2D eigenvalue weighted by Gasteiger charge is -2.26. The molecule has 0 atom stereocenters. The standard InChI is InChI=1S/C22H26N6O5/c1-13-8-16(28(4)27-13)19(29)24-11-22(2,3)26-21(31)20(30)25-14-6-7-15(17(9-14)32-5)18-10-23-12-33-18/h6-10,12H,11H2,1-5H3,(H,24,29)(H,25,30)(H,26,31). The minimum Gasteiger partial charge on any atom is -0.496 e. The number of nitrogens with one attached hydrogen (secondary N) is 3. The molecular formula is C22H26N6O5. The Labute approximate surface area is 190 Å². The minimum absolute atomic E-state index is 0.106. The number of carbonyl (C=O) groups excluding carboxylic acids is 3. The lowest BCUT2D eigenvalue weighted by molar-refractivity contribution is -0.137. The molecule has 0 unspecified atom stereocenters. The molecule has 0 aliphatic carbocycles. The number of oxazole rings is 1. The first-order valence-corrected chi connectivity index (χ1v) is 10.1. The van der Waals surface area contributed by atoms with Gasteiger partial charge in [0.05, 0.1) is 30.1 Å². The number of carbonyl (C=O) groups is 3. The van der Waals surface area contributed by atoms with E-state index in [0.717, 1.165) is 5.69 Å². The molecule has 33 heavy (non-hydrogen) atoms. The minimum atomic E-state index is -0.883. The number of methoxy groups -OCH3 is 1. The van der Waals surface area contributed by atoms with Gasteiger partial charge in [-0.1, -0.05) is 0 Å². The molecule has 3 amide bonds. The Kier molecular flexibility index (Phi) is 6.80. The normalized spacial score (nSPS) is 11.1. The van der Waals surface area contributed by atoms with Crippen LogP contribution < -0.4 is 20.7 Å². The van der Waals surface area contributed by atoms with Crippen molar-refractivity contribution in [3.05, 3.63) is 48.2 Å². The Morgan fingerprint density at radius 2 is 1.94 bits per heavy atom. The molecule has 0 aliphatic heterocycles. The van der Waals surface area contributed by atoms with Gasteiger partial charge in [-0.25, -0.2) is 4.98 Å². The summed E-state index contributed by atoms with van der Waals surface area (Å²) in [5.41, 5.74) is 1.25. The van der Waals surface area contributed by atoms with Gasteiger partial charge < -0.3 is 25.1 Å². The molecule has 0 aliphatic rings. The van der Waals surface area contributed by atoms with Crippen LogP contribution in [0.3, 0.4) is 0 Å². The number of rotatable bonds is 7. The van der Waals surface area contributed by atoms with Crippen LogP contribution in [-0.2, 0) is 16.6 Å². The smallest absolute Gasteiger partial charge is 0.313 e. The summed E-state index contributed by atoms with van der Waals surface area (Å²) < 4.78 is 12.1. The van der Waals surface area contributed by atoms with Crippen LogP contribution in [0.4, 0.5) is 5.69 Å². The summed E-state index contributed by atoms with van der Waals surface area (Å²) in [6, 6.07) is 6.54.